The molecule has 5 nitrogen and oxygen atoms in total. The molecule has 0 radical (unpaired) electrons. The summed E-state index contributed by atoms with van der Waals surface area (Å²) >= 11 is 1.39. The van der Waals surface area contributed by atoms with Crippen molar-refractivity contribution in [2.45, 2.75) is 45.8 Å². The Morgan fingerprint density at radius 3 is 2.62 bits per heavy atom. The molecule has 138 valence electrons. The number of rotatable bonds is 5. The maximum absolute atomic E-state index is 12.8. The minimum atomic E-state index is -0.452. The summed E-state index contributed by atoms with van der Waals surface area (Å²) in [5, 5.41) is 3.41. The van der Waals surface area contributed by atoms with Gasteiger partial charge in [-0.1, -0.05) is 30.3 Å². The van der Waals surface area contributed by atoms with Crippen LogP contribution in [0.25, 0.3) is 11.1 Å². The van der Waals surface area contributed by atoms with Crippen LogP contribution in [0.3, 0.4) is 0 Å². The Balaban J connectivity index is 2.00. The smallest absolute Gasteiger partial charge is 0.342 e. The van der Waals surface area contributed by atoms with Crippen molar-refractivity contribution in [2.75, 3.05) is 11.9 Å². The number of benzene rings is 1. The molecule has 1 amide bonds. The zero-order valence-electron chi connectivity index (χ0n) is 15.2. The molecule has 1 aliphatic heterocycles. The summed E-state index contributed by atoms with van der Waals surface area (Å²) < 4.78 is 10.9. The molecule has 1 aliphatic rings. The van der Waals surface area contributed by atoms with Crippen LogP contribution in [-0.2, 0) is 14.3 Å². The first-order chi connectivity index (χ1) is 12.5. The third kappa shape index (κ3) is 3.97. The van der Waals surface area contributed by atoms with Crippen LogP contribution in [-0.4, -0.2) is 30.7 Å². The number of nitrogens with one attached hydrogen (secondary N) is 1. The van der Waals surface area contributed by atoms with Crippen molar-refractivity contribution in [2.24, 2.45) is 0 Å². The summed E-state index contributed by atoms with van der Waals surface area (Å²) in [5.74, 6) is -0.632. The average Bonchev–Trinajstić information content (AvgIpc) is 3.23. The second-order valence-corrected chi connectivity index (χ2v) is 7.77. The number of hydrogen-bond donors (Lipinski definition) is 1. The molecule has 2 heterocycles. The molecule has 0 aliphatic carbocycles. The van der Waals surface area contributed by atoms with Crippen molar-refractivity contribution in [3.63, 3.8) is 0 Å². The largest absolute Gasteiger partial charge is 0.459 e. The van der Waals surface area contributed by atoms with Gasteiger partial charge in [0.2, 0.25) is 0 Å². The zero-order valence-corrected chi connectivity index (χ0v) is 16.0. The standard InChI is InChI=1S/C20H23NO4S/c1-12(2)25-20(23)17-16(14-8-5-4-6-9-14)13(3)26-19(17)21-18(22)15-10-7-11-24-15/h4-6,8-9,12,15H,7,10-11H2,1-3H3,(H,21,22). The maximum Gasteiger partial charge on any atom is 0.342 e. The van der Waals surface area contributed by atoms with E-state index in [0.717, 1.165) is 22.4 Å². The van der Waals surface area contributed by atoms with Crippen molar-refractivity contribution in [1.82, 2.24) is 0 Å². The second-order valence-electron chi connectivity index (χ2n) is 6.55. The van der Waals surface area contributed by atoms with E-state index in [9.17, 15) is 9.59 Å². The van der Waals surface area contributed by atoms with Crippen LogP contribution in [0.1, 0.15) is 41.9 Å². The molecule has 1 N–H and O–H groups in total. The fraction of sp³-hybridized carbons (Fsp3) is 0.400. The van der Waals surface area contributed by atoms with Gasteiger partial charge in [0, 0.05) is 17.0 Å². The molecular formula is C20H23NO4S. The summed E-state index contributed by atoms with van der Waals surface area (Å²) in [4.78, 5) is 26.2. The van der Waals surface area contributed by atoms with Gasteiger partial charge < -0.3 is 14.8 Å². The van der Waals surface area contributed by atoms with Gasteiger partial charge in [-0.2, -0.15) is 0 Å². The Kier molecular flexibility index (Phi) is 5.74. The van der Waals surface area contributed by atoms with Crippen LogP contribution in [0.4, 0.5) is 5.00 Å². The van der Waals surface area contributed by atoms with E-state index >= 15 is 0 Å². The van der Waals surface area contributed by atoms with Gasteiger partial charge in [-0.3, -0.25) is 4.79 Å². The van der Waals surface area contributed by atoms with Crippen LogP contribution in [0.2, 0.25) is 0 Å². The van der Waals surface area contributed by atoms with Gasteiger partial charge in [0.15, 0.2) is 0 Å². The first-order valence-corrected chi connectivity index (χ1v) is 9.61. The highest BCUT2D eigenvalue weighted by Crippen LogP contribution is 2.40. The predicted molar refractivity (Wildman–Crippen MR) is 103 cm³/mol. The lowest BCUT2D eigenvalue weighted by molar-refractivity contribution is -0.124. The van der Waals surface area contributed by atoms with Gasteiger partial charge in [0.05, 0.1) is 6.10 Å². The van der Waals surface area contributed by atoms with Crippen LogP contribution in [0.15, 0.2) is 30.3 Å². The number of ether oxygens (including phenoxy) is 2. The number of hydrogen-bond acceptors (Lipinski definition) is 5. The fourth-order valence-corrected chi connectivity index (χ4v) is 4.10. The molecule has 1 aromatic carbocycles. The Morgan fingerprint density at radius 2 is 2.00 bits per heavy atom. The lowest BCUT2D eigenvalue weighted by Crippen LogP contribution is -2.27. The first kappa shape index (κ1) is 18.6. The van der Waals surface area contributed by atoms with E-state index < -0.39 is 12.1 Å². The molecule has 0 saturated carbocycles. The SMILES string of the molecule is Cc1sc(NC(=O)C2CCCO2)c(C(=O)OC(C)C)c1-c1ccccc1. The Labute approximate surface area is 157 Å². The topological polar surface area (TPSA) is 64.6 Å². The minimum Gasteiger partial charge on any atom is -0.459 e. The van der Waals surface area contributed by atoms with Crippen LogP contribution in [0.5, 0.6) is 0 Å². The van der Waals surface area contributed by atoms with Crippen LogP contribution >= 0.6 is 11.3 Å². The third-order valence-corrected chi connectivity index (χ3v) is 5.17. The van der Waals surface area contributed by atoms with E-state index in [-0.39, 0.29) is 12.0 Å². The highest BCUT2D eigenvalue weighted by atomic mass is 32.1. The third-order valence-electron chi connectivity index (χ3n) is 4.15. The molecule has 3 rings (SSSR count). The van der Waals surface area contributed by atoms with Gasteiger partial charge in [0.25, 0.3) is 5.91 Å². The number of carbonyl (C=O) groups is 2. The molecule has 2 aromatic rings. The second kappa shape index (κ2) is 8.01. The highest BCUT2D eigenvalue weighted by molar-refractivity contribution is 7.17. The highest BCUT2D eigenvalue weighted by Gasteiger charge is 2.29. The van der Waals surface area contributed by atoms with Crippen LogP contribution in [0, 0.1) is 6.92 Å². The number of amides is 1. The van der Waals surface area contributed by atoms with Crippen molar-refractivity contribution < 1.29 is 19.1 Å². The van der Waals surface area contributed by atoms with Gasteiger partial charge in [-0.15, -0.1) is 11.3 Å². The van der Waals surface area contributed by atoms with Crippen molar-refractivity contribution >= 4 is 28.2 Å². The zero-order chi connectivity index (χ0) is 18.7. The van der Waals surface area contributed by atoms with E-state index in [1.165, 1.54) is 11.3 Å². The number of anilines is 1. The summed E-state index contributed by atoms with van der Waals surface area (Å²) in [5.41, 5.74) is 2.15. The molecule has 1 fully saturated rings. The quantitative estimate of drug-likeness (QED) is 0.789. The van der Waals surface area contributed by atoms with E-state index in [1.807, 2.05) is 51.1 Å². The number of esters is 1. The predicted octanol–water partition coefficient (Wildman–Crippen LogP) is 4.41. The van der Waals surface area contributed by atoms with Crippen molar-refractivity contribution in [3.8, 4) is 11.1 Å². The monoisotopic (exact) mass is 373 g/mol. The molecule has 0 bridgehead atoms. The number of aryl methyl sites for hydroxylation is 1. The van der Waals surface area contributed by atoms with Crippen molar-refractivity contribution in [1.29, 1.82) is 0 Å². The Hall–Kier alpha value is -2.18. The molecule has 1 unspecified atom stereocenters. The van der Waals surface area contributed by atoms with E-state index in [1.54, 1.807) is 0 Å². The number of thiophene rings is 1. The molecule has 1 atom stereocenters. The van der Waals surface area contributed by atoms with Gasteiger partial charge >= 0.3 is 5.97 Å². The summed E-state index contributed by atoms with van der Waals surface area (Å²) in [7, 11) is 0. The summed E-state index contributed by atoms with van der Waals surface area (Å²) in [6, 6.07) is 9.68. The van der Waals surface area contributed by atoms with Crippen LogP contribution < -0.4 is 5.32 Å². The number of carbonyl (C=O) groups excluding carboxylic acids is 2. The van der Waals surface area contributed by atoms with E-state index in [4.69, 9.17) is 9.47 Å². The first-order valence-electron chi connectivity index (χ1n) is 8.79. The molecule has 26 heavy (non-hydrogen) atoms. The lowest BCUT2D eigenvalue weighted by atomic mass is 10.0. The molecule has 1 aromatic heterocycles. The maximum atomic E-state index is 12.8. The van der Waals surface area contributed by atoms with Gasteiger partial charge in [0.1, 0.15) is 16.7 Å². The average molecular weight is 373 g/mol. The molecule has 6 heteroatoms. The Bertz CT molecular complexity index is 792. The molecular weight excluding hydrogens is 350 g/mol. The fourth-order valence-electron chi connectivity index (χ4n) is 3.03. The lowest BCUT2D eigenvalue weighted by Gasteiger charge is -2.13. The van der Waals surface area contributed by atoms with Gasteiger partial charge in [-0.25, -0.2) is 4.79 Å². The summed E-state index contributed by atoms with van der Waals surface area (Å²) in [6.45, 7) is 6.16. The van der Waals surface area contributed by atoms with Gasteiger partial charge in [-0.05, 0) is 39.2 Å². The molecule has 1 saturated heterocycles. The van der Waals surface area contributed by atoms with Crippen molar-refractivity contribution in [3.05, 3.63) is 40.8 Å². The summed E-state index contributed by atoms with van der Waals surface area (Å²) in [6.07, 6.45) is 0.881. The molecule has 0 spiro atoms. The minimum absolute atomic E-state index is 0.207. The van der Waals surface area contributed by atoms with E-state index in [2.05, 4.69) is 5.32 Å². The Morgan fingerprint density at radius 1 is 1.27 bits per heavy atom. The normalized spacial score (nSPS) is 16.7. The van der Waals surface area contributed by atoms with E-state index in [0.29, 0.717) is 23.6 Å².